The van der Waals surface area contributed by atoms with E-state index < -0.39 is 5.54 Å². The van der Waals surface area contributed by atoms with Crippen LogP contribution in [0.1, 0.15) is 53.6 Å². The van der Waals surface area contributed by atoms with Gasteiger partial charge in [0.05, 0.1) is 7.11 Å². The van der Waals surface area contributed by atoms with Gasteiger partial charge in [0.2, 0.25) is 0 Å². The molecule has 0 aromatic heterocycles. The highest BCUT2D eigenvalue weighted by atomic mass is 16.5. The van der Waals surface area contributed by atoms with Crippen LogP contribution in [0.3, 0.4) is 0 Å². The van der Waals surface area contributed by atoms with Gasteiger partial charge in [-0.15, -0.1) is 0 Å². The van der Waals surface area contributed by atoms with Crippen LogP contribution in [0.15, 0.2) is 48.5 Å². The molecule has 1 N–H and O–H groups in total. The second kappa shape index (κ2) is 8.27. The van der Waals surface area contributed by atoms with Gasteiger partial charge in [0.15, 0.2) is 0 Å². The minimum Gasteiger partial charge on any atom is -0.467 e. The number of rotatable bonds is 4. The third-order valence-corrected chi connectivity index (χ3v) is 6.26. The Bertz CT molecular complexity index is 885. The first-order valence-corrected chi connectivity index (χ1v) is 10.4. The molecule has 0 bridgehead atoms. The number of esters is 1. The molecule has 4 rings (SSSR count). The zero-order valence-electron chi connectivity index (χ0n) is 16.9. The maximum atomic E-state index is 12.9. The highest BCUT2D eigenvalue weighted by molar-refractivity contribution is 5.98. The molecule has 0 atom stereocenters. The number of fused-ring (bicyclic) bond motifs is 1. The number of ether oxygens (including phenoxy) is 1. The van der Waals surface area contributed by atoms with Crippen molar-refractivity contribution in [2.24, 2.45) is 0 Å². The fourth-order valence-corrected chi connectivity index (χ4v) is 4.56. The molecule has 2 aromatic rings. The van der Waals surface area contributed by atoms with E-state index >= 15 is 0 Å². The fourth-order valence-electron chi connectivity index (χ4n) is 4.56. The highest BCUT2D eigenvalue weighted by Crippen LogP contribution is 2.30. The predicted octanol–water partition coefficient (Wildman–Crippen LogP) is 3.86. The predicted molar refractivity (Wildman–Crippen MR) is 113 cm³/mol. The minimum absolute atomic E-state index is 0.215. The van der Waals surface area contributed by atoms with E-state index in [2.05, 4.69) is 34.5 Å². The van der Waals surface area contributed by atoms with Gasteiger partial charge in [-0.05, 0) is 54.7 Å². The van der Waals surface area contributed by atoms with E-state index in [1.54, 1.807) is 0 Å². The van der Waals surface area contributed by atoms with Crippen molar-refractivity contribution in [2.45, 2.75) is 50.6 Å². The Morgan fingerprint density at radius 2 is 1.66 bits per heavy atom. The number of nitrogens with one attached hydrogen (secondary N) is 1. The van der Waals surface area contributed by atoms with Gasteiger partial charge < -0.3 is 15.0 Å². The van der Waals surface area contributed by atoms with Crippen molar-refractivity contribution in [3.63, 3.8) is 0 Å². The molecule has 1 aliphatic carbocycles. The van der Waals surface area contributed by atoms with E-state index in [4.69, 9.17) is 4.74 Å². The van der Waals surface area contributed by atoms with Crippen LogP contribution in [0.5, 0.6) is 0 Å². The number of methoxy groups -OCH3 is 1. The summed E-state index contributed by atoms with van der Waals surface area (Å²) in [5.41, 5.74) is 3.56. The summed E-state index contributed by atoms with van der Waals surface area (Å²) in [4.78, 5) is 27.6. The van der Waals surface area contributed by atoms with Crippen LogP contribution < -0.4 is 10.2 Å². The third-order valence-electron chi connectivity index (χ3n) is 6.26. The van der Waals surface area contributed by atoms with Crippen LogP contribution in [0, 0.1) is 0 Å². The standard InChI is InChI=1S/C24H28N2O3/c1-29-23(28)24(14-5-2-6-15-24)25-22(27)19-9-11-21(12-10-19)26-16-13-18-7-3-4-8-20(18)17-26/h3-4,7-12H,2,5-6,13-17H2,1H3,(H,25,27). The Kier molecular flexibility index (Phi) is 5.56. The van der Waals surface area contributed by atoms with Crippen molar-refractivity contribution in [3.8, 4) is 0 Å². The summed E-state index contributed by atoms with van der Waals surface area (Å²) in [5.74, 6) is -0.554. The molecule has 2 aromatic carbocycles. The molecular formula is C24H28N2O3. The Labute approximate surface area is 172 Å². The van der Waals surface area contributed by atoms with Crippen LogP contribution in [0.2, 0.25) is 0 Å². The summed E-state index contributed by atoms with van der Waals surface area (Å²) >= 11 is 0. The van der Waals surface area contributed by atoms with Crippen molar-refractivity contribution in [3.05, 3.63) is 65.2 Å². The van der Waals surface area contributed by atoms with Crippen LogP contribution in [-0.2, 0) is 22.5 Å². The summed E-state index contributed by atoms with van der Waals surface area (Å²) in [5, 5.41) is 2.98. The lowest BCUT2D eigenvalue weighted by molar-refractivity contribution is -0.149. The van der Waals surface area contributed by atoms with Gasteiger partial charge in [-0.2, -0.15) is 0 Å². The maximum Gasteiger partial charge on any atom is 0.331 e. The number of nitrogens with zero attached hydrogens (tertiary/aromatic N) is 1. The Hall–Kier alpha value is -2.82. The second-order valence-electron chi connectivity index (χ2n) is 8.08. The minimum atomic E-state index is -0.890. The summed E-state index contributed by atoms with van der Waals surface area (Å²) in [6.45, 7) is 1.85. The van der Waals surface area contributed by atoms with E-state index in [1.807, 2.05) is 24.3 Å². The van der Waals surface area contributed by atoms with Crippen molar-refractivity contribution in [2.75, 3.05) is 18.6 Å². The molecule has 1 amide bonds. The van der Waals surface area contributed by atoms with E-state index in [9.17, 15) is 9.59 Å². The molecule has 29 heavy (non-hydrogen) atoms. The number of hydrogen-bond acceptors (Lipinski definition) is 4. The lowest BCUT2D eigenvalue weighted by Gasteiger charge is -2.35. The Balaban J connectivity index is 1.46. The number of amides is 1. The number of carbonyl (C=O) groups is 2. The molecule has 0 saturated heterocycles. The zero-order valence-corrected chi connectivity index (χ0v) is 16.9. The number of anilines is 1. The lowest BCUT2D eigenvalue weighted by atomic mass is 9.81. The summed E-state index contributed by atoms with van der Waals surface area (Å²) < 4.78 is 5.00. The van der Waals surface area contributed by atoms with Gasteiger partial charge in [0.25, 0.3) is 5.91 Å². The largest absolute Gasteiger partial charge is 0.467 e. The molecule has 0 spiro atoms. The molecule has 0 unspecified atom stereocenters. The summed E-state index contributed by atoms with van der Waals surface area (Å²) in [6, 6.07) is 16.2. The second-order valence-corrected chi connectivity index (χ2v) is 8.08. The lowest BCUT2D eigenvalue weighted by Crippen LogP contribution is -2.56. The van der Waals surface area contributed by atoms with Crippen LogP contribution in [0.25, 0.3) is 0 Å². The monoisotopic (exact) mass is 392 g/mol. The van der Waals surface area contributed by atoms with Gasteiger partial charge >= 0.3 is 5.97 Å². The molecule has 0 radical (unpaired) electrons. The van der Waals surface area contributed by atoms with Crippen LogP contribution in [0.4, 0.5) is 5.69 Å². The molecule has 5 nitrogen and oxygen atoms in total. The van der Waals surface area contributed by atoms with Gasteiger partial charge in [-0.3, -0.25) is 4.79 Å². The molecule has 5 heteroatoms. The number of carbonyl (C=O) groups excluding carboxylic acids is 2. The smallest absolute Gasteiger partial charge is 0.331 e. The zero-order chi connectivity index (χ0) is 20.3. The van der Waals surface area contributed by atoms with Crippen molar-refractivity contribution < 1.29 is 14.3 Å². The summed E-state index contributed by atoms with van der Waals surface area (Å²) in [6.07, 6.45) is 5.23. The van der Waals surface area contributed by atoms with Crippen molar-refractivity contribution in [1.82, 2.24) is 5.32 Å². The molecule has 1 heterocycles. The van der Waals surface area contributed by atoms with Crippen molar-refractivity contribution >= 4 is 17.6 Å². The van der Waals surface area contributed by atoms with Gasteiger partial charge in [0, 0.05) is 24.3 Å². The van der Waals surface area contributed by atoms with E-state index in [1.165, 1.54) is 18.2 Å². The van der Waals surface area contributed by atoms with Crippen molar-refractivity contribution in [1.29, 1.82) is 0 Å². The number of benzene rings is 2. The summed E-state index contributed by atoms with van der Waals surface area (Å²) in [7, 11) is 1.39. The molecule has 152 valence electrons. The maximum absolute atomic E-state index is 12.9. The quantitative estimate of drug-likeness (QED) is 0.803. The first kappa shape index (κ1) is 19.5. The Morgan fingerprint density at radius 3 is 2.34 bits per heavy atom. The topological polar surface area (TPSA) is 58.6 Å². The molecule has 1 aliphatic heterocycles. The number of hydrogen-bond donors (Lipinski definition) is 1. The first-order chi connectivity index (χ1) is 14.1. The van der Waals surface area contributed by atoms with Gasteiger partial charge in [-0.1, -0.05) is 43.5 Å². The van der Waals surface area contributed by atoms with Gasteiger partial charge in [-0.25, -0.2) is 4.79 Å². The fraction of sp³-hybridized carbons (Fsp3) is 0.417. The first-order valence-electron chi connectivity index (χ1n) is 10.4. The highest BCUT2D eigenvalue weighted by Gasteiger charge is 2.42. The average molecular weight is 392 g/mol. The van der Waals surface area contributed by atoms with E-state index in [0.717, 1.165) is 44.5 Å². The Morgan fingerprint density at radius 1 is 0.966 bits per heavy atom. The SMILES string of the molecule is COC(=O)C1(NC(=O)c2ccc(N3CCc4ccccc4C3)cc2)CCCCC1. The normalized spacial score (nSPS) is 17.9. The molecule has 1 fully saturated rings. The van der Waals surface area contributed by atoms with E-state index in [0.29, 0.717) is 18.4 Å². The molecule has 2 aliphatic rings. The van der Waals surface area contributed by atoms with Gasteiger partial charge in [0.1, 0.15) is 5.54 Å². The molecule has 1 saturated carbocycles. The van der Waals surface area contributed by atoms with Crippen LogP contribution in [-0.4, -0.2) is 31.1 Å². The third kappa shape index (κ3) is 4.00. The van der Waals surface area contributed by atoms with E-state index in [-0.39, 0.29) is 11.9 Å². The van der Waals surface area contributed by atoms with Crippen LogP contribution >= 0.6 is 0 Å². The molecular weight excluding hydrogens is 364 g/mol. The average Bonchev–Trinajstić information content (AvgIpc) is 2.79.